The molecule has 0 amide bonds. The zero-order valence-electron chi connectivity index (χ0n) is 23.1. The van der Waals surface area contributed by atoms with Gasteiger partial charge in [0.1, 0.15) is 5.75 Å². The molecule has 4 N–H and O–H groups in total. The van der Waals surface area contributed by atoms with E-state index >= 15 is 0 Å². The molecule has 43 heavy (non-hydrogen) atoms. The highest BCUT2D eigenvalue weighted by Gasteiger charge is 2.17. The second-order valence-electron chi connectivity index (χ2n) is 10.7. The Hall–Kier alpha value is -5.94. The first-order valence-corrected chi connectivity index (χ1v) is 14.2. The summed E-state index contributed by atoms with van der Waals surface area (Å²) in [6.07, 6.45) is 0. The summed E-state index contributed by atoms with van der Waals surface area (Å²) >= 11 is 0. The topological polar surface area (TPSA) is 84.8 Å². The molecule has 0 unspecified atom stereocenters. The van der Waals surface area contributed by atoms with E-state index in [1.807, 2.05) is 78.9 Å². The molecule has 2 heterocycles. The van der Waals surface area contributed by atoms with Crippen LogP contribution in [-0.2, 0) is 0 Å². The summed E-state index contributed by atoms with van der Waals surface area (Å²) in [7, 11) is 0. The van der Waals surface area contributed by atoms with Crippen LogP contribution in [-0.4, -0.2) is 20.8 Å². The fraction of sp³-hybridized carbons (Fsp3) is 0. The minimum atomic E-state index is 0.192. The van der Waals surface area contributed by atoms with Crippen LogP contribution < -0.4 is 5.32 Å². The van der Waals surface area contributed by atoms with Crippen molar-refractivity contribution >= 4 is 60.6 Å². The Bertz CT molecular complexity index is 2370. The van der Waals surface area contributed by atoms with Crippen LogP contribution in [0, 0.1) is 5.41 Å². The number of phenolic OH excluding ortho intramolecular Hbond substituents is 1. The Labute approximate surface area is 247 Å². The van der Waals surface area contributed by atoms with E-state index in [1.165, 1.54) is 10.8 Å². The van der Waals surface area contributed by atoms with Crippen LogP contribution in [0.1, 0.15) is 11.1 Å². The largest absolute Gasteiger partial charge is 0.507 e. The molecule has 5 heteroatoms. The summed E-state index contributed by atoms with van der Waals surface area (Å²) in [5.41, 5.74) is 7.88. The molecule has 0 fully saturated rings. The number of fused-ring (bicyclic) bond motifs is 6. The Balaban J connectivity index is 1.23. The fourth-order valence-corrected chi connectivity index (χ4v) is 6.06. The van der Waals surface area contributed by atoms with Gasteiger partial charge in [-0.2, -0.15) is 0 Å². The Kier molecular flexibility index (Phi) is 5.69. The second-order valence-corrected chi connectivity index (χ2v) is 10.7. The molecule has 5 nitrogen and oxygen atoms in total. The molecular weight excluding hydrogens is 528 g/mol. The predicted molar refractivity (Wildman–Crippen MR) is 178 cm³/mol. The molecular formula is C38H26N4O. The summed E-state index contributed by atoms with van der Waals surface area (Å²) < 4.78 is 0. The number of aromatic amines is 1. The molecule has 0 aliphatic rings. The van der Waals surface area contributed by atoms with Gasteiger partial charge < -0.3 is 15.4 Å². The molecule has 2 aromatic heterocycles. The van der Waals surface area contributed by atoms with Gasteiger partial charge in [-0.15, -0.1) is 0 Å². The Morgan fingerprint density at radius 3 is 2.19 bits per heavy atom. The molecule has 0 bridgehead atoms. The Morgan fingerprint density at radius 1 is 0.581 bits per heavy atom. The number of pyridine rings is 1. The third kappa shape index (κ3) is 4.10. The lowest BCUT2D eigenvalue weighted by Crippen LogP contribution is -2.06. The van der Waals surface area contributed by atoms with E-state index in [4.69, 9.17) is 4.98 Å². The van der Waals surface area contributed by atoms with Crippen molar-refractivity contribution in [3.05, 3.63) is 145 Å². The van der Waals surface area contributed by atoms with Gasteiger partial charge in [-0.1, -0.05) is 103 Å². The van der Waals surface area contributed by atoms with Crippen LogP contribution in [0.5, 0.6) is 5.75 Å². The first-order chi connectivity index (χ1) is 21.2. The number of anilines is 2. The van der Waals surface area contributed by atoms with Crippen LogP contribution in [0.2, 0.25) is 0 Å². The number of phenols is 1. The summed E-state index contributed by atoms with van der Waals surface area (Å²) in [4.78, 5) is 8.61. The number of para-hydroxylation sites is 4. The number of hydrogen-bond acceptors (Lipinski definition) is 4. The smallest absolute Gasteiger partial charge is 0.124 e. The van der Waals surface area contributed by atoms with E-state index in [0.717, 1.165) is 55.2 Å². The first-order valence-electron chi connectivity index (χ1n) is 14.2. The lowest BCUT2D eigenvalue weighted by Gasteiger charge is -2.15. The number of nitrogens with one attached hydrogen (secondary N) is 3. The third-order valence-electron chi connectivity index (χ3n) is 8.17. The van der Waals surface area contributed by atoms with E-state index in [1.54, 1.807) is 12.1 Å². The SMILES string of the molecule is N=C(c1ccccc1Nc1cccc2ccc(-c3ccccc3O)nc12)c1cccc2c1[nH]c1c3ccccc3ccc21. The van der Waals surface area contributed by atoms with E-state index < -0.39 is 0 Å². The van der Waals surface area contributed by atoms with Crippen molar-refractivity contribution in [1.29, 1.82) is 5.41 Å². The van der Waals surface area contributed by atoms with Gasteiger partial charge in [0.25, 0.3) is 0 Å². The van der Waals surface area contributed by atoms with Gasteiger partial charge in [-0.25, -0.2) is 4.98 Å². The van der Waals surface area contributed by atoms with Crippen LogP contribution in [0.15, 0.2) is 133 Å². The third-order valence-corrected chi connectivity index (χ3v) is 8.17. The second kappa shape index (κ2) is 9.86. The number of nitrogens with zero attached hydrogens (tertiary/aromatic N) is 1. The molecule has 0 radical (unpaired) electrons. The molecule has 8 aromatic rings. The number of hydrogen-bond donors (Lipinski definition) is 4. The first kappa shape index (κ1) is 24.8. The van der Waals surface area contributed by atoms with Gasteiger partial charge in [0, 0.05) is 43.9 Å². The quantitative estimate of drug-likeness (QED) is 0.160. The molecule has 0 aliphatic carbocycles. The zero-order chi connectivity index (χ0) is 28.9. The molecule has 0 aliphatic heterocycles. The van der Waals surface area contributed by atoms with E-state index in [-0.39, 0.29) is 5.75 Å². The highest BCUT2D eigenvalue weighted by molar-refractivity contribution is 6.25. The van der Waals surface area contributed by atoms with Gasteiger partial charge in [0.15, 0.2) is 0 Å². The normalized spacial score (nSPS) is 11.4. The number of aromatic hydroxyl groups is 1. The monoisotopic (exact) mass is 554 g/mol. The van der Waals surface area contributed by atoms with Crippen LogP contribution in [0.3, 0.4) is 0 Å². The van der Waals surface area contributed by atoms with E-state index in [9.17, 15) is 10.5 Å². The van der Waals surface area contributed by atoms with Crippen molar-refractivity contribution in [3.63, 3.8) is 0 Å². The number of benzene rings is 6. The van der Waals surface area contributed by atoms with Crippen LogP contribution >= 0.6 is 0 Å². The number of aromatic nitrogens is 2. The van der Waals surface area contributed by atoms with Gasteiger partial charge in [0.05, 0.1) is 33.6 Å². The highest BCUT2D eigenvalue weighted by Crippen LogP contribution is 2.35. The minimum Gasteiger partial charge on any atom is -0.507 e. The molecule has 0 atom stereocenters. The maximum atomic E-state index is 10.4. The molecule has 6 aromatic carbocycles. The van der Waals surface area contributed by atoms with Crippen LogP contribution in [0.4, 0.5) is 11.4 Å². The standard InChI is InChI=1S/C38H26N4O/c39-35(30-15-8-14-26-27-21-19-23-9-1-2-11-25(23)37(27)42-38(26)30)29-13-3-5-16-31(29)40-33-17-7-10-24-20-22-32(41-36(24)33)28-12-4-6-18-34(28)43/h1-22,39-40,42-43H. The number of rotatable bonds is 5. The van der Waals surface area contributed by atoms with Crippen molar-refractivity contribution < 1.29 is 5.11 Å². The maximum absolute atomic E-state index is 10.4. The fourth-order valence-electron chi connectivity index (χ4n) is 6.06. The summed E-state index contributed by atoms with van der Waals surface area (Å²) in [5, 5.41) is 29.0. The molecule has 0 saturated heterocycles. The van der Waals surface area contributed by atoms with Crippen LogP contribution in [0.25, 0.3) is 54.7 Å². The minimum absolute atomic E-state index is 0.192. The average Bonchev–Trinajstić information content (AvgIpc) is 3.45. The predicted octanol–water partition coefficient (Wildman–Crippen LogP) is 9.55. The summed E-state index contributed by atoms with van der Waals surface area (Å²) in [5.74, 6) is 0.192. The van der Waals surface area contributed by atoms with Gasteiger partial charge in [0.2, 0.25) is 0 Å². The summed E-state index contributed by atoms with van der Waals surface area (Å²) in [6.45, 7) is 0. The van der Waals surface area contributed by atoms with Crippen molar-refractivity contribution in [3.8, 4) is 17.0 Å². The average molecular weight is 555 g/mol. The molecule has 204 valence electrons. The Morgan fingerprint density at radius 2 is 1.26 bits per heavy atom. The van der Waals surface area contributed by atoms with Crippen molar-refractivity contribution in [1.82, 2.24) is 9.97 Å². The van der Waals surface area contributed by atoms with Gasteiger partial charge in [-0.05, 0) is 35.7 Å². The number of H-pyrrole nitrogens is 1. The van der Waals surface area contributed by atoms with Crippen molar-refractivity contribution in [2.45, 2.75) is 0 Å². The molecule has 0 saturated carbocycles. The highest BCUT2D eigenvalue weighted by atomic mass is 16.3. The lowest BCUT2D eigenvalue weighted by molar-refractivity contribution is 0.477. The van der Waals surface area contributed by atoms with Gasteiger partial charge in [-0.3, -0.25) is 5.41 Å². The molecule has 8 rings (SSSR count). The van der Waals surface area contributed by atoms with Gasteiger partial charge >= 0.3 is 0 Å². The lowest BCUT2D eigenvalue weighted by atomic mass is 9.98. The molecule has 0 spiro atoms. The van der Waals surface area contributed by atoms with E-state index in [2.05, 4.69) is 52.8 Å². The maximum Gasteiger partial charge on any atom is 0.124 e. The zero-order valence-corrected chi connectivity index (χ0v) is 23.1. The van der Waals surface area contributed by atoms with E-state index in [0.29, 0.717) is 17.0 Å². The van der Waals surface area contributed by atoms with Crippen molar-refractivity contribution in [2.24, 2.45) is 0 Å². The van der Waals surface area contributed by atoms with Crippen molar-refractivity contribution in [2.75, 3.05) is 5.32 Å². The summed E-state index contributed by atoms with van der Waals surface area (Å²) in [6, 6.07) is 44.0.